The molecule has 2 unspecified atom stereocenters. The van der Waals surface area contributed by atoms with Gasteiger partial charge in [-0.1, -0.05) is 45.1 Å². The molecule has 1 aliphatic carbocycles. The molecule has 1 aliphatic rings. The van der Waals surface area contributed by atoms with E-state index in [1.807, 2.05) is 31.2 Å². The fourth-order valence-electron chi connectivity index (χ4n) is 5.43. The van der Waals surface area contributed by atoms with Crippen LogP contribution >= 0.6 is 0 Å². The number of amides is 1. The Kier molecular flexibility index (Phi) is 7.11. The van der Waals surface area contributed by atoms with Gasteiger partial charge >= 0.3 is 0 Å². The van der Waals surface area contributed by atoms with Gasteiger partial charge in [0.2, 0.25) is 0 Å². The number of fused-ring (bicyclic) bond motifs is 1. The average molecular weight is 489 g/mol. The van der Waals surface area contributed by atoms with Gasteiger partial charge in [0.1, 0.15) is 17.0 Å². The van der Waals surface area contributed by atoms with E-state index < -0.39 is 0 Å². The van der Waals surface area contributed by atoms with Gasteiger partial charge in [-0.05, 0) is 54.2 Å². The van der Waals surface area contributed by atoms with Crippen molar-refractivity contribution < 1.29 is 9.18 Å². The van der Waals surface area contributed by atoms with E-state index in [4.69, 9.17) is 4.98 Å². The first-order valence-electron chi connectivity index (χ1n) is 12.9. The fourth-order valence-corrected chi connectivity index (χ4v) is 5.43. The average Bonchev–Trinajstić information content (AvgIpc) is 3.50. The predicted octanol–water partition coefficient (Wildman–Crippen LogP) is 5.81. The van der Waals surface area contributed by atoms with Crippen molar-refractivity contribution in [1.29, 1.82) is 0 Å². The maximum atomic E-state index is 15.8. The highest BCUT2D eigenvalue weighted by molar-refractivity contribution is 5.92. The third kappa shape index (κ3) is 4.90. The zero-order valence-electron chi connectivity index (χ0n) is 20.9. The Morgan fingerprint density at radius 1 is 1.06 bits per heavy atom. The Hall–Kier alpha value is -3.55. The number of aromatic amines is 1. The number of hydrogen-bond donors (Lipinski definition) is 2. The summed E-state index contributed by atoms with van der Waals surface area (Å²) in [6.07, 6.45) is 12.9. The van der Waals surface area contributed by atoms with Crippen LogP contribution < -0.4 is 5.32 Å². The van der Waals surface area contributed by atoms with E-state index in [0.717, 1.165) is 31.2 Å². The first kappa shape index (κ1) is 24.2. The fraction of sp³-hybridized carbons (Fsp3) is 0.429. The second-order valence-corrected chi connectivity index (χ2v) is 9.89. The number of rotatable bonds is 6. The van der Waals surface area contributed by atoms with E-state index in [0.29, 0.717) is 28.1 Å². The predicted molar refractivity (Wildman–Crippen MR) is 137 cm³/mol. The first-order chi connectivity index (χ1) is 17.5. The van der Waals surface area contributed by atoms with Crippen LogP contribution in [0.5, 0.6) is 0 Å². The zero-order chi connectivity index (χ0) is 25.1. The molecule has 2 atom stereocenters. The number of imidazole rings is 1. The van der Waals surface area contributed by atoms with Gasteiger partial charge in [0.05, 0.1) is 11.6 Å². The van der Waals surface area contributed by atoms with Gasteiger partial charge in [-0.15, -0.1) is 0 Å². The van der Waals surface area contributed by atoms with Gasteiger partial charge in [-0.2, -0.15) is 5.10 Å². The monoisotopic (exact) mass is 488 g/mol. The number of halogens is 1. The number of nitrogens with zero attached hydrogens (tertiary/aromatic N) is 4. The highest BCUT2D eigenvalue weighted by Gasteiger charge is 2.30. The molecule has 0 bridgehead atoms. The lowest BCUT2D eigenvalue weighted by Gasteiger charge is -2.28. The summed E-state index contributed by atoms with van der Waals surface area (Å²) in [5, 5.41) is 7.35. The smallest absolute Gasteiger partial charge is 0.270 e. The lowest BCUT2D eigenvalue weighted by Crippen LogP contribution is -2.35. The Morgan fingerprint density at radius 3 is 2.47 bits per heavy atom. The number of pyridine rings is 1. The highest BCUT2D eigenvalue weighted by atomic mass is 19.1. The summed E-state index contributed by atoms with van der Waals surface area (Å²) in [5.74, 6) is 0.173. The Balaban J connectivity index is 1.51. The molecule has 2 N–H and O–H groups in total. The van der Waals surface area contributed by atoms with Crippen LogP contribution in [0.2, 0.25) is 0 Å². The van der Waals surface area contributed by atoms with Crippen molar-refractivity contribution in [2.24, 2.45) is 13.0 Å². The molecule has 0 radical (unpaired) electrons. The molecule has 8 heteroatoms. The summed E-state index contributed by atoms with van der Waals surface area (Å²) >= 11 is 0. The zero-order valence-corrected chi connectivity index (χ0v) is 20.9. The molecule has 1 fully saturated rings. The van der Waals surface area contributed by atoms with Gasteiger partial charge in [0, 0.05) is 31.6 Å². The minimum atomic E-state index is -0.335. The minimum absolute atomic E-state index is 0.136. The summed E-state index contributed by atoms with van der Waals surface area (Å²) < 4.78 is 17.3. The number of H-pyrrole nitrogens is 1. The van der Waals surface area contributed by atoms with Gasteiger partial charge in [-0.3, -0.25) is 14.5 Å². The van der Waals surface area contributed by atoms with Crippen LogP contribution in [-0.4, -0.2) is 30.6 Å². The summed E-state index contributed by atoms with van der Waals surface area (Å²) in [5.41, 5.74) is 3.03. The molecule has 36 heavy (non-hydrogen) atoms. The Labute approximate surface area is 210 Å². The van der Waals surface area contributed by atoms with Crippen molar-refractivity contribution in [2.45, 2.75) is 63.8 Å². The van der Waals surface area contributed by atoms with E-state index in [2.05, 4.69) is 20.4 Å². The van der Waals surface area contributed by atoms with Crippen LogP contribution in [0.4, 0.5) is 4.39 Å². The normalized spacial score (nSPS) is 16.9. The van der Waals surface area contributed by atoms with Crippen LogP contribution in [0.1, 0.15) is 91.3 Å². The second kappa shape index (κ2) is 10.6. The largest absolute Gasteiger partial charge is 0.340 e. The van der Waals surface area contributed by atoms with Gasteiger partial charge in [0.15, 0.2) is 5.82 Å². The number of benzene rings is 1. The number of hydrogen-bond acceptors (Lipinski definition) is 4. The third-order valence-electron chi connectivity index (χ3n) is 7.57. The molecule has 1 saturated carbocycles. The van der Waals surface area contributed by atoms with Crippen LogP contribution in [-0.2, 0) is 7.05 Å². The van der Waals surface area contributed by atoms with Gasteiger partial charge in [-0.25, -0.2) is 9.37 Å². The third-order valence-corrected chi connectivity index (χ3v) is 7.57. The summed E-state index contributed by atoms with van der Waals surface area (Å²) in [4.78, 5) is 25.4. The lowest BCUT2D eigenvalue weighted by molar-refractivity contribution is 0.0902. The van der Waals surface area contributed by atoms with E-state index in [1.54, 1.807) is 36.4 Å². The Bertz CT molecular complexity index is 1320. The molecule has 7 nitrogen and oxygen atoms in total. The van der Waals surface area contributed by atoms with Crippen molar-refractivity contribution >= 4 is 16.9 Å². The molecule has 0 spiro atoms. The molecular formula is C28H33FN6O. The van der Waals surface area contributed by atoms with Crippen molar-refractivity contribution in [3.05, 3.63) is 77.4 Å². The van der Waals surface area contributed by atoms with E-state index in [-0.39, 0.29) is 29.6 Å². The topological polar surface area (TPSA) is 88.5 Å². The second-order valence-electron chi connectivity index (χ2n) is 9.89. The molecule has 4 aromatic rings. The maximum Gasteiger partial charge on any atom is 0.270 e. The summed E-state index contributed by atoms with van der Waals surface area (Å²) in [6, 6.07) is 8.89. The van der Waals surface area contributed by atoms with Gasteiger partial charge < -0.3 is 10.3 Å². The van der Waals surface area contributed by atoms with Crippen LogP contribution in [0.3, 0.4) is 0 Å². The molecule has 3 heterocycles. The number of carbonyl (C=O) groups is 1. The molecule has 1 aromatic carbocycles. The highest BCUT2D eigenvalue weighted by Crippen LogP contribution is 2.35. The maximum absolute atomic E-state index is 15.8. The van der Waals surface area contributed by atoms with Crippen LogP contribution in [0, 0.1) is 11.7 Å². The number of aryl methyl sites for hydroxylation is 1. The molecular weight excluding hydrogens is 455 g/mol. The quantitative estimate of drug-likeness (QED) is 0.358. The molecule has 3 aromatic heterocycles. The molecule has 1 amide bonds. The SMILES string of the molecule is CC(c1ccncc1)c1ccc2[nH]c(C(NC(=O)c3ccnn3C)C3CCCCCCC3)nc2c1F. The van der Waals surface area contributed by atoms with E-state index in [1.165, 1.54) is 19.3 Å². The molecule has 0 aliphatic heterocycles. The van der Waals surface area contributed by atoms with Crippen molar-refractivity contribution in [1.82, 2.24) is 30.0 Å². The van der Waals surface area contributed by atoms with Crippen LogP contribution in [0.25, 0.3) is 11.0 Å². The summed E-state index contributed by atoms with van der Waals surface area (Å²) in [6.45, 7) is 1.98. The van der Waals surface area contributed by atoms with Crippen LogP contribution in [0.15, 0.2) is 48.9 Å². The van der Waals surface area contributed by atoms with E-state index in [9.17, 15) is 4.79 Å². The van der Waals surface area contributed by atoms with E-state index >= 15 is 4.39 Å². The number of nitrogens with one attached hydrogen (secondary N) is 2. The number of aromatic nitrogens is 5. The number of carbonyl (C=O) groups excluding carboxylic acids is 1. The lowest BCUT2D eigenvalue weighted by atomic mass is 9.85. The summed E-state index contributed by atoms with van der Waals surface area (Å²) in [7, 11) is 1.75. The van der Waals surface area contributed by atoms with Crippen molar-refractivity contribution in [3.63, 3.8) is 0 Å². The van der Waals surface area contributed by atoms with Gasteiger partial charge in [0.25, 0.3) is 5.91 Å². The standard InChI is InChI=1S/C28H33FN6O/c1-18(19-12-15-30-16-13-19)21-10-11-22-26(24(21)29)33-27(32-22)25(20-8-6-4-3-5-7-9-20)34-28(36)23-14-17-31-35(23)2/h10-18,20,25H,3-9H2,1-2H3,(H,32,33)(H,34,36). The first-order valence-corrected chi connectivity index (χ1v) is 12.9. The van der Waals surface area contributed by atoms with Crippen molar-refractivity contribution in [3.8, 4) is 0 Å². The molecule has 5 rings (SSSR count). The Morgan fingerprint density at radius 2 is 1.78 bits per heavy atom. The van der Waals surface area contributed by atoms with Crippen molar-refractivity contribution in [2.75, 3.05) is 0 Å². The minimum Gasteiger partial charge on any atom is -0.340 e. The molecule has 188 valence electrons. The molecule has 0 saturated heterocycles.